The maximum absolute atomic E-state index is 12.9. The Morgan fingerprint density at radius 3 is 2.58 bits per heavy atom. The van der Waals surface area contributed by atoms with E-state index < -0.39 is 5.54 Å². The zero-order valence-corrected chi connectivity index (χ0v) is 19.3. The highest BCUT2D eigenvalue weighted by molar-refractivity contribution is 5.85. The largest absolute Gasteiger partial charge is 0.497 e. The van der Waals surface area contributed by atoms with Crippen LogP contribution in [0.15, 0.2) is 66.7 Å². The van der Waals surface area contributed by atoms with E-state index in [1.165, 1.54) is 16.3 Å². The Labute approximate surface area is 195 Å². The molecule has 172 valence electrons. The van der Waals surface area contributed by atoms with Crippen LogP contribution in [0.1, 0.15) is 24.0 Å². The van der Waals surface area contributed by atoms with Gasteiger partial charge in [0.05, 0.1) is 7.11 Å². The summed E-state index contributed by atoms with van der Waals surface area (Å²) in [5.41, 5.74) is 1.45. The first-order valence-corrected chi connectivity index (χ1v) is 11.3. The van der Waals surface area contributed by atoms with E-state index in [9.17, 15) is 9.59 Å². The van der Waals surface area contributed by atoms with Gasteiger partial charge in [-0.15, -0.1) is 0 Å². The first-order chi connectivity index (χ1) is 16.0. The van der Waals surface area contributed by atoms with Crippen molar-refractivity contribution in [3.8, 4) is 5.75 Å². The number of amides is 2. The number of ether oxygens (including phenoxy) is 1. The number of nitrogens with zero attached hydrogens (tertiary/aromatic N) is 2. The van der Waals surface area contributed by atoms with Gasteiger partial charge in [-0.05, 0) is 46.9 Å². The van der Waals surface area contributed by atoms with Gasteiger partial charge in [0.25, 0.3) is 0 Å². The van der Waals surface area contributed by atoms with Crippen molar-refractivity contribution in [1.29, 1.82) is 0 Å². The molecule has 1 heterocycles. The number of piperidine rings is 1. The van der Waals surface area contributed by atoms with Gasteiger partial charge in [0.2, 0.25) is 0 Å². The van der Waals surface area contributed by atoms with Gasteiger partial charge >= 0.3 is 6.03 Å². The average Bonchev–Trinajstić information content (AvgIpc) is 2.88. The predicted octanol–water partition coefficient (Wildman–Crippen LogP) is 4.22. The number of hydrogen-bond acceptors (Lipinski definition) is 4. The molecule has 4 rings (SSSR count). The van der Waals surface area contributed by atoms with Gasteiger partial charge in [0, 0.05) is 33.2 Å². The van der Waals surface area contributed by atoms with Crippen LogP contribution in [0, 0.1) is 0 Å². The highest BCUT2D eigenvalue weighted by atomic mass is 16.5. The molecular formula is C27H31N3O3. The lowest BCUT2D eigenvalue weighted by molar-refractivity contribution is -0.119. The number of hydrogen-bond donors (Lipinski definition) is 1. The van der Waals surface area contributed by atoms with E-state index >= 15 is 0 Å². The number of urea groups is 1. The van der Waals surface area contributed by atoms with Crippen LogP contribution in [0.5, 0.6) is 5.75 Å². The minimum absolute atomic E-state index is 0.243. The van der Waals surface area contributed by atoms with E-state index in [1.54, 1.807) is 19.1 Å². The molecule has 1 fully saturated rings. The third kappa shape index (κ3) is 5.01. The lowest BCUT2D eigenvalue weighted by atomic mass is 9.87. The van der Waals surface area contributed by atoms with Crippen LogP contribution in [-0.4, -0.2) is 54.9 Å². The van der Waals surface area contributed by atoms with E-state index in [0.717, 1.165) is 37.2 Å². The summed E-state index contributed by atoms with van der Waals surface area (Å²) in [7, 11) is 3.33. The number of benzene rings is 3. The van der Waals surface area contributed by atoms with Crippen LogP contribution >= 0.6 is 0 Å². The van der Waals surface area contributed by atoms with Crippen LogP contribution in [0.3, 0.4) is 0 Å². The molecule has 6 heteroatoms. The Bertz CT molecular complexity index is 1120. The topological polar surface area (TPSA) is 61.9 Å². The molecule has 33 heavy (non-hydrogen) atoms. The van der Waals surface area contributed by atoms with Gasteiger partial charge in [0.15, 0.2) is 0 Å². The second kappa shape index (κ2) is 10.0. The van der Waals surface area contributed by atoms with Crippen molar-refractivity contribution < 1.29 is 14.3 Å². The highest BCUT2D eigenvalue weighted by Gasteiger charge is 2.40. The number of likely N-dealkylation sites (tertiary alicyclic amines) is 1. The molecule has 1 N–H and O–H groups in total. The second-order valence-corrected chi connectivity index (χ2v) is 8.71. The Kier molecular flexibility index (Phi) is 6.94. The molecule has 2 amide bonds. The molecular weight excluding hydrogens is 414 g/mol. The Balaban J connectivity index is 1.36. The number of methoxy groups -OCH3 is 1. The summed E-state index contributed by atoms with van der Waals surface area (Å²) < 4.78 is 5.24. The van der Waals surface area contributed by atoms with Crippen LogP contribution in [-0.2, 0) is 17.9 Å². The van der Waals surface area contributed by atoms with E-state index in [0.29, 0.717) is 19.4 Å². The molecule has 1 saturated heterocycles. The highest BCUT2D eigenvalue weighted by Crippen LogP contribution is 2.28. The lowest BCUT2D eigenvalue weighted by Crippen LogP contribution is -2.58. The van der Waals surface area contributed by atoms with Gasteiger partial charge in [-0.25, -0.2) is 4.79 Å². The van der Waals surface area contributed by atoms with Crippen LogP contribution in [0.4, 0.5) is 4.79 Å². The van der Waals surface area contributed by atoms with Crippen LogP contribution in [0.2, 0.25) is 0 Å². The second-order valence-electron chi connectivity index (χ2n) is 8.71. The zero-order chi connectivity index (χ0) is 23.3. The van der Waals surface area contributed by atoms with E-state index in [4.69, 9.17) is 4.74 Å². The third-order valence-corrected chi connectivity index (χ3v) is 6.77. The summed E-state index contributed by atoms with van der Waals surface area (Å²) in [6, 6.07) is 22.1. The number of aldehydes is 1. The van der Waals surface area contributed by atoms with E-state index in [2.05, 4.69) is 52.7 Å². The molecule has 0 bridgehead atoms. The van der Waals surface area contributed by atoms with Crippen molar-refractivity contribution in [2.75, 3.05) is 27.2 Å². The summed E-state index contributed by atoms with van der Waals surface area (Å²) in [5.74, 6) is 0.748. The normalized spacial score (nSPS) is 15.7. The molecule has 1 aliphatic rings. The summed E-state index contributed by atoms with van der Waals surface area (Å²) >= 11 is 0. The first kappa shape index (κ1) is 22.8. The van der Waals surface area contributed by atoms with E-state index in [1.807, 2.05) is 24.3 Å². The van der Waals surface area contributed by atoms with Crippen LogP contribution in [0.25, 0.3) is 10.8 Å². The van der Waals surface area contributed by atoms with E-state index in [-0.39, 0.29) is 6.03 Å². The molecule has 0 spiro atoms. The minimum Gasteiger partial charge on any atom is -0.497 e. The smallest absolute Gasteiger partial charge is 0.318 e. The Morgan fingerprint density at radius 2 is 1.82 bits per heavy atom. The monoisotopic (exact) mass is 445 g/mol. The molecule has 3 aromatic carbocycles. The number of carbonyl (C=O) groups is 2. The van der Waals surface area contributed by atoms with Crippen molar-refractivity contribution in [2.24, 2.45) is 0 Å². The van der Waals surface area contributed by atoms with Crippen LogP contribution < -0.4 is 10.1 Å². The molecule has 3 aromatic rings. The molecule has 0 atom stereocenters. The van der Waals surface area contributed by atoms with Crippen molar-refractivity contribution in [1.82, 2.24) is 15.1 Å². The van der Waals surface area contributed by atoms with Gasteiger partial charge in [-0.3, -0.25) is 4.90 Å². The Morgan fingerprint density at radius 1 is 1.09 bits per heavy atom. The fourth-order valence-electron chi connectivity index (χ4n) is 4.58. The molecule has 0 unspecified atom stereocenters. The molecule has 0 saturated carbocycles. The number of rotatable bonds is 7. The molecule has 0 aromatic heterocycles. The number of nitrogens with one attached hydrogen (secondary N) is 1. The summed E-state index contributed by atoms with van der Waals surface area (Å²) in [6.07, 6.45) is 2.18. The maximum atomic E-state index is 12.9. The van der Waals surface area contributed by atoms with Crippen molar-refractivity contribution in [3.63, 3.8) is 0 Å². The van der Waals surface area contributed by atoms with Gasteiger partial charge in [-0.2, -0.15) is 0 Å². The SMILES string of the molecule is COc1cccc(CNC(=O)N(C)C2(C=O)CCN(Cc3cccc4ccccc34)CC2)c1. The number of likely N-dealkylation sites (N-methyl/N-ethyl adjacent to an activating group) is 1. The quantitative estimate of drug-likeness (QED) is 0.553. The van der Waals surface area contributed by atoms with Gasteiger partial charge in [-0.1, -0.05) is 54.6 Å². The molecule has 0 aliphatic carbocycles. The standard InChI is InChI=1S/C27H31N3O3/c1-29(26(32)28-18-21-7-5-11-24(17-21)33-2)27(20-31)13-15-30(16-14-27)19-23-10-6-9-22-8-3-4-12-25(22)23/h3-12,17,20H,13-16,18-19H2,1-2H3,(H,28,32). The van der Waals surface area contributed by atoms with Gasteiger partial charge in [0.1, 0.15) is 17.6 Å². The van der Waals surface area contributed by atoms with Crippen molar-refractivity contribution in [2.45, 2.75) is 31.5 Å². The average molecular weight is 446 g/mol. The summed E-state index contributed by atoms with van der Waals surface area (Å²) in [6.45, 7) is 2.73. The molecule has 1 aliphatic heterocycles. The van der Waals surface area contributed by atoms with Crippen molar-refractivity contribution in [3.05, 3.63) is 77.9 Å². The first-order valence-electron chi connectivity index (χ1n) is 11.3. The fourth-order valence-corrected chi connectivity index (χ4v) is 4.58. The lowest BCUT2D eigenvalue weighted by Gasteiger charge is -2.43. The maximum Gasteiger partial charge on any atom is 0.318 e. The predicted molar refractivity (Wildman–Crippen MR) is 130 cm³/mol. The molecule has 0 radical (unpaired) electrons. The van der Waals surface area contributed by atoms with Gasteiger partial charge < -0.3 is 19.7 Å². The number of carbonyl (C=O) groups excluding carboxylic acids is 2. The minimum atomic E-state index is -0.784. The van der Waals surface area contributed by atoms with Crippen molar-refractivity contribution >= 4 is 23.1 Å². The summed E-state index contributed by atoms with van der Waals surface area (Å²) in [4.78, 5) is 29.0. The summed E-state index contributed by atoms with van der Waals surface area (Å²) in [5, 5.41) is 5.44. The number of fused-ring (bicyclic) bond motifs is 1. The molecule has 6 nitrogen and oxygen atoms in total. The third-order valence-electron chi connectivity index (χ3n) is 6.77. The zero-order valence-electron chi connectivity index (χ0n) is 19.3. The Hall–Kier alpha value is -3.38. The fraction of sp³-hybridized carbons (Fsp3) is 0.333.